The van der Waals surface area contributed by atoms with E-state index in [1.54, 1.807) is 32.4 Å². The molecule has 0 fully saturated rings. The number of fused-ring (bicyclic) bond motifs is 1. The van der Waals surface area contributed by atoms with Crippen LogP contribution < -0.4 is 32.4 Å². The number of halogens is 2. The maximum atomic E-state index is 10.9. The highest BCUT2D eigenvalue weighted by Gasteiger charge is 2.05. The molecule has 0 spiro atoms. The quantitative estimate of drug-likeness (QED) is 0.280. The van der Waals surface area contributed by atoms with Crippen LogP contribution in [0.1, 0.15) is 17.8 Å². The molecule has 31 heavy (non-hydrogen) atoms. The van der Waals surface area contributed by atoms with E-state index in [-0.39, 0.29) is 13.1 Å². The van der Waals surface area contributed by atoms with E-state index in [9.17, 15) is 9.59 Å². The Hall–Kier alpha value is -3.12. The zero-order valence-corrected chi connectivity index (χ0v) is 19.1. The number of aromatic amines is 1. The van der Waals surface area contributed by atoms with Crippen molar-refractivity contribution in [2.45, 2.75) is 7.43 Å². The van der Waals surface area contributed by atoms with Crippen molar-refractivity contribution in [2.24, 2.45) is 11.5 Å². The van der Waals surface area contributed by atoms with Gasteiger partial charge in [0.1, 0.15) is 11.5 Å². The zero-order valence-electron chi connectivity index (χ0n) is 15.9. The summed E-state index contributed by atoms with van der Waals surface area (Å²) in [6.07, 6.45) is 2.23. The number of hydrogen-bond acceptors (Lipinski definition) is 7. The fourth-order valence-electron chi connectivity index (χ4n) is 2.06. The summed E-state index contributed by atoms with van der Waals surface area (Å²) in [4.78, 5) is 36.6. The van der Waals surface area contributed by atoms with Crippen LogP contribution >= 0.6 is 31.9 Å². The van der Waals surface area contributed by atoms with Crippen LogP contribution in [-0.4, -0.2) is 36.5 Å². The van der Waals surface area contributed by atoms with E-state index in [4.69, 9.17) is 20.0 Å². The second kappa shape index (κ2) is 13.2. The number of urea groups is 1. The van der Waals surface area contributed by atoms with Crippen molar-refractivity contribution in [1.82, 2.24) is 9.97 Å². The number of nitrogens with two attached hydrogens (primary N) is 3. The van der Waals surface area contributed by atoms with Crippen LogP contribution in [0.25, 0.3) is 10.9 Å². The van der Waals surface area contributed by atoms with Gasteiger partial charge in [-0.15, -0.1) is 0 Å². The highest BCUT2D eigenvalue weighted by atomic mass is 79.9. The minimum Gasteiger partial charge on any atom is -0.495 e. The third-order valence-corrected chi connectivity index (χ3v) is 4.61. The lowest BCUT2D eigenvalue weighted by Gasteiger charge is -2.05. The lowest BCUT2D eigenvalue weighted by atomic mass is 10.2. The molecule has 2 aromatic carbocycles. The molecule has 7 N–H and O–H groups in total. The molecule has 0 aliphatic carbocycles. The van der Waals surface area contributed by atoms with E-state index >= 15 is 0 Å². The molecular formula is C19H23Br2N5O5. The molecule has 0 unspecified atom stereocenters. The lowest BCUT2D eigenvalue weighted by molar-refractivity contribution is 0.112. The van der Waals surface area contributed by atoms with Crippen LogP contribution in [0.2, 0.25) is 0 Å². The Morgan fingerprint density at radius 3 is 2.10 bits per heavy atom. The van der Waals surface area contributed by atoms with Crippen LogP contribution in [0.5, 0.6) is 11.5 Å². The number of nitrogen functional groups attached to an aromatic ring is 1. The topological polar surface area (TPSA) is 176 Å². The number of primary amides is 2. The van der Waals surface area contributed by atoms with Gasteiger partial charge in [0.2, 0.25) is 0 Å². The number of aromatic nitrogens is 2. The van der Waals surface area contributed by atoms with Gasteiger partial charge >= 0.3 is 11.7 Å². The van der Waals surface area contributed by atoms with Crippen molar-refractivity contribution >= 4 is 60.8 Å². The first-order valence-electron chi connectivity index (χ1n) is 7.98. The maximum Gasteiger partial charge on any atom is 0.345 e. The molecule has 12 heteroatoms. The van der Waals surface area contributed by atoms with E-state index in [0.29, 0.717) is 34.6 Å². The van der Waals surface area contributed by atoms with E-state index in [0.717, 1.165) is 14.3 Å². The number of hydrogen-bond donors (Lipinski definition) is 4. The fraction of sp³-hybridized carbons (Fsp3) is 0.158. The van der Waals surface area contributed by atoms with Gasteiger partial charge in [-0.3, -0.25) is 4.79 Å². The standard InChI is InChI=1S/C9H7BrN2O2.C8H8BrNO2.CH4N2O.CH4/c1-14-8-3-7-5(2-6(8)10)4-11-9(13)12-7;1-12-8-3-7(10)5(4-11)2-6(8)9;2-1(3)4;/h2-4H,1H3,(H,11,12,13);2-4H,10H2,1H3;(H4,2,3,4);1H4. The van der Waals surface area contributed by atoms with Crippen molar-refractivity contribution in [3.63, 3.8) is 0 Å². The maximum absolute atomic E-state index is 10.9. The molecule has 0 bridgehead atoms. The van der Waals surface area contributed by atoms with Gasteiger partial charge in [-0.1, -0.05) is 7.43 Å². The van der Waals surface area contributed by atoms with E-state index in [1.807, 2.05) is 6.07 Å². The van der Waals surface area contributed by atoms with Crippen molar-refractivity contribution in [2.75, 3.05) is 20.0 Å². The molecule has 2 amide bonds. The molecule has 10 nitrogen and oxygen atoms in total. The van der Waals surface area contributed by atoms with Gasteiger partial charge < -0.3 is 31.7 Å². The third-order valence-electron chi connectivity index (χ3n) is 3.37. The smallest absolute Gasteiger partial charge is 0.345 e. The Labute approximate surface area is 195 Å². The molecule has 0 aliphatic rings. The molecule has 0 saturated carbocycles. The number of methoxy groups -OCH3 is 2. The van der Waals surface area contributed by atoms with Crippen molar-refractivity contribution in [3.05, 3.63) is 55.5 Å². The van der Waals surface area contributed by atoms with Gasteiger partial charge in [0.25, 0.3) is 0 Å². The van der Waals surface area contributed by atoms with Crippen molar-refractivity contribution in [1.29, 1.82) is 0 Å². The Bertz CT molecular complexity index is 1100. The summed E-state index contributed by atoms with van der Waals surface area (Å²) < 4.78 is 11.6. The summed E-state index contributed by atoms with van der Waals surface area (Å²) in [7, 11) is 3.12. The Kier molecular flexibility index (Phi) is 11.9. The van der Waals surface area contributed by atoms with Crippen LogP contribution in [0.15, 0.2) is 44.2 Å². The molecule has 0 atom stereocenters. The summed E-state index contributed by atoms with van der Waals surface area (Å²) >= 11 is 6.59. The Morgan fingerprint density at radius 1 is 1.06 bits per heavy atom. The Balaban J connectivity index is 0.000000488. The highest BCUT2D eigenvalue weighted by Crippen LogP contribution is 2.29. The van der Waals surface area contributed by atoms with Gasteiger partial charge in [0, 0.05) is 35.0 Å². The largest absolute Gasteiger partial charge is 0.495 e. The summed E-state index contributed by atoms with van der Waals surface area (Å²) in [5, 5.41) is 0.859. The molecule has 0 saturated heterocycles. The van der Waals surface area contributed by atoms with Crippen molar-refractivity contribution < 1.29 is 19.1 Å². The van der Waals surface area contributed by atoms with Gasteiger partial charge in [-0.05, 0) is 44.0 Å². The summed E-state index contributed by atoms with van der Waals surface area (Å²) in [5.74, 6) is 1.30. The van der Waals surface area contributed by atoms with E-state index in [1.165, 1.54) is 6.20 Å². The number of carbonyl (C=O) groups is 2. The number of rotatable bonds is 3. The molecule has 3 aromatic rings. The SMILES string of the molecule is C.COc1cc(N)c(C=O)cc1Br.COc1cc2[nH]c(=O)ncc2cc1Br.NC(N)=O. The molecule has 3 rings (SSSR count). The summed E-state index contributed by atoms with van der Waals surface area (Å²) in [5.41, 5.74) is 15.3. The van der Waals surface area contributed by atoms with Crippen molar-refractivity contribution in [3.8, 4) is 11.5 Å². The first-order chi connectivity index (χ1) is 14.1. The monoisotopic (exact) mass is 559 g/mol. The Morgan fingerprint density at radius 2 is 1.58 bits per heavy atom. The van der Waals surface area contributed by atoms with Gasteiger partial charge in [0.15, 0.2) is 6.29 Å². The van der Waals surface area contributed by atoms with E-state index in [2.05, 4.69) is 53.3 Å². The van der Waals surface area contributed by atoms with Gasteiger partial charge in [0.05, 0.1) is 28.7 Å². The number of ether oxygens (including phenoxy) is 2. The number of H-pyrrole nitrogens is 1. The molecule has 0 aliphatic heterocycles. The second-order valence-electron chi connectivity index (χ2n) is 5.40. The van der Waals surface area contributed by atoms with Crippen LogP contribution in [0.4, 0.5) is 10.5 Å². The number of aldehydes is 1. The van der Waals surface area contributed by atoms with Gasteiger partial charge in [-0.2, -0.15) is 0 Å². The molecule has 168 valence electrons. The first kappa shape index (κ1) is 27.9. The highest BCUT2D eigenvalue weighted by molar-refractivity contribution is 9.10. The molecule has 1 heterocycles. The number of benzene rings is 2. The lowest BCUT2D eigenvalue weighted by Crippen LogP contribution is -2.18. The predicted octanol–water partition coefficient (Wildman–Crippen LogP) is 3.21. The number of anilines is 1. The normalized spacial score (nSPS) is 9.16. The fourth-order valence-corrected chi connectivity index (χ4v) is 3.10. The second-order valence-corrected chi connectivity index (χ2v) is 7.11. The average molecular weight is 561 g/mol. The van der Waals surface area contributed by atoms with Gasteiger partial charge in [-0.25, -0.2) is 14.6 Å². The molecule has 0 radical (unpaired) electrons. The summed E-state index contributed by atoms with van der Waals surface area (Å²) in [6.45, 7) is 0. The minimum atomic E-state index is -0.833. The number of nitrogens with zero attached hydrogens (tertiary/aromatic N) is 1. The molecule has 1 aromatic heterocycles. The van der Waals surface area contributed by atoms with Crippen LogP contribution in [0.3, 0.4) is 0 Å². The number of nitrogens with one attached hydrogen (secondary N) is 1. The van der Waals surface area contributed by atoms with Crippen LogP contribution in [0, 0.1) is 0 Å². The number of carbonyl (C=O) groups excluding carboxylic acids is 2. The predicted molar refractivity (Wildman–Crippen MR) is 128 cm³/mol. The summed E-state index contributed by atoms with van der Waals surface area (Å²) in [6, 6.07) is 5.99. The zero-order chi connectivity index (χ0) is 22.8. The average Bonchev–Trinajstić information content (AvgIpc) is 2.69. The number of amides is 2. The van der Waals surface area contributed by atoms with E-state index < -0.39 is 6.03 Å². The third kappa shape index (κ3) is 8.64. The molecular weight excluding hydrogens is 538 g/mol. The first-order valence-corrected chi connectivity index (χ1v) is 9.57. The minimum absolute atomic E-state index is 0. The van der Waals surface area contributed by atoms with Crippen LogP contribution in [-0.2, 0) is 0 Å².